The van der Waals surface area contributed by atoms with E-state index in [4.69, 9.17) is 21.3 Å². The average Bonchev–Trinajstić information content (AvgIpc) is 3.13. The Bertz CT molecular complexity index is 1010. The Morgan fingerprint density at radius 1 is 1.34 bits per heavy atom. The lowest BCUT2D eigenvalue weighted by atomic mass is 9.97. The summed E-state index contributed by atoms with van der Waals surface area (Å²) in [6.07, 6.45) is 3.20. The van der Waals surface area contributed by atoms with Crippen LogP contribution in [0.25, 0.3) is 11.0 Å². The number of anilines is 1. The molecule has 29 heavy (non-hydrogen) atoms. The summed E-state index contributed by atoms with van der Waals surface area (Å²) in [5.74, 6) is 1.39. The smallest absolute Gasteiger partial charge is 0.319 e. The molecule has 9 heteroatoms. The van der Waals surface area contributed by atoms with Crippen molar-refractivity contribution in [3.8, 4) is 5.88 Å². The van der Waals surface area contributed by atoms with Crippen LogP contribution in [0.15, 0.2) is 36.5 Å². The fraction of sp³-hybridized carbons (Fsp3) is 0.350. The summed E-state index contributed by atoms with van der Waals surface area (Å²) in [4.78, 5) is 26.8. The van der Waals surface area contributed by atoms with Crippen molar-refractivity contribution < 1.29 is 9.53 Å². The number of rotatable bonds is 4. The molecule has 0 saturated carbocycles. The molecule has 152 valence electrons. The van der Waals surface area contributed by atoms with Gasteiger partial charge >= 0.3 is 6.03 Å². The van der Waals surface area contributed by atoms with Crippen molar-refractivity contribution in [3.05, 3.63) is 47.4 Å². The molecule has 3 heterocycles. The minimum absolute atomic E-state index is 0.0409. The topological polar surface area (TPSA) is 95.2 Å². The number of methoxy groups -OCH3 is 1. The number of fused-ring (bicyclic) bond motifs is 1. The molecule has 1 aliphatic rings. The second-order valence-electron chi connectivity index (χ2n) is 7.19. The lowest BCUT2D eigenvalue weighted by Crippen LogP contribution is -2.46. The molecule has 1 fully saturated rings. The lowest BCUT2D eigenvalue weighted by Gasteiger charge is -2.36. The highest BCUT2D eigenvalue weighted by molar-refractivity contribution is 6.31. The number of hydrogen-bond acceptors (Lipinski definition) is 5. The molecule has 3 aromatic rings. The number of halogens is 1. The summed E-state index contributed by atoms with van der Waals surface area (Å²) in [5, 5.41) is 6.55. The van der Waals surface area contributed by atoms with Crippen LogP contribution in [0.4, 0.5) is 10.5 Å². The number of hydrogen-bond donors (Lipinski definition) is 3. The van der Waals surface area contributed by atoms with Gasteiger partial charge in [0.1, 0.15) is 5.82 Å². The Balaban J connectivity index is 1.41. The van der Waals surface area contributed by atoms with Crippen LogP contribution < -0.4 is 15.4 Å². The van der Waals surface area contributed by atoms with Crippen LogP contribution in [0.1, 0.15) is 24.7 Å². The first-order chi connectivity index (χ1) is 14.0. The minimum Gasteiger partial charge on any atom is -0.481 e. The van der Waals surface area contributed by atoms with Crippen LogP contribution in [-0.4, -0.2) is 52.6 Å². The number of piperidine rings is 1. The second-order valence-corrected chi connectivity index (χ2v) is 7.63. The summed E-state index contributed by atoms with van der Waals surface area (Å²) >= 11 is 6.08. The fourth-order valence-electron chi connectivity index (χ4n) is 3.62. The Morgan fingerprint density at radius 3 is 2.97 bits per heavy atom. The monoisotopic (exact) mass is 414 g/mol. The van der Waals surface area contributed by atoms with E-state index in [1.165, 1.54) is 0 Å². The standard InChI is InChI=1S/C20H23ClN6O2/c1-27-8-7-13(23-20(28)24-14-4-6-18(29-2)22-11-14)10-17(27)19-25-15-5-3-12(21)9-16(15)26-19/h3-6,9,11,13,17H,7-8,10H2,1-2H3,(H,25,26)(H2,23,24,28)/t13-,17-/m1/s1. The van der Waals surface area contributed by atoms with E-state index in [0.29, 0.717) is 16.6 Å². The Labute approximate surface area is 173 Å². The highest BCUT2D eigenvalue weighted by atomic mass is 35.5. The first kappa shape index (κ1) is 19.5. The molecule has 0 spiro atoms. The van der Waals surface area contributed by atoms with Gasteiger partial charge in [-0.2, -0.15) is 0 Å². The van der Waals surface area contributed by atoms with Gasteiger partial charge in [0.15, 0.2) is 0 Å². The number of urea groups is 1. The molecular formula is C20H23ClN6O2. The number of aromatic amines is 1. The Kier molecular flexibility index (Phi) is 5.55. The molecule has 2 atom stereocenters. The number of aromatic nitrogens is 3. The van der Waals surface area contributed by atoms with Gasteiger partial charge in [0.2, 0.25) is 5.88 Å². The first-order valence-electron chi connectivity index (χ1n) is 9.45. The van der Waals surface area contributed by atoms with Crippen molar-refractivity contribution in [2.24, 2.45) is 0 Å². The van der Waals surface area contributed by atoms with Gasteiger partial charge in [-0.3, -0.25) is 4.90 Å². The largest absolute Gasteiger partial charge is 0.481 e. The maximum absolute atomic E-state index is 12.4. The lowest BCUT2D eigenvalue weighted by molar-refractivity contribution is 0.153. The number of likely N-dealkylation sites (tertiary alicyclic amines) is 1. The third-order valence-corrected chi connectivity index (χ3v) is 5.42. The van der Waals surface area contributed by atoms with Crippen LogP contribution in [0.5, 0.6) is 5.88 Å². The summed E-state index contributed by atoms with van der Waals surface area (Å²) < 4.78 is 5.03. The molecule has 0 unspecified atom stereocenters. The third kappa shape index (κ3) is 4.44. The highest BCUT2D eigenvalue weighted by Gasteiger charge is 2.30. The fourth-order valence-corrected chi connectivity index (χ4v) is 3.79. The SMILES string of the molecule is COc1ccc(NC(=O)N[C@@H]2CCN(C)[C@@H](c3nc4ccc(Cl)cc4[nH]3)C2)cn1. The Hall–Kier alpha value is -2.84. The number of nitrogens with zero attached hydrogens (tertiary/aromatic N) is 3. The molecule has 4 rings (SSSR count). The van der Waals surface area contributed by atoms with Gasteiger partial charge in [0, 0.05) is 23.7 Å². The third-order valence-electron chi connectivity index (χ3n) is 5.19. The Morgan fingerprint density at radius 2 is 2.21 bits per heavy atom. The van der Waals surface area contributed by atoms with Crippen LogP contribution in [-0.2, 0) is 0 Å². The molecule has 2 amide bonds. The van der Waals surface area contributed by atoms with E-state index in [-0.39, 0.29) is 18.1 Å². The minimum atomic E-state index is -0.248. The first-order valence-corrected chi connectivity index (χ1v) is 9.82. The number of pyridine rings is 1. The number of benzene rings is 1. The predicted octanol–water partition coefficient (Wildman–Crippen LogP) is 3.58. The van der Waals surface area contributed by atoms with Gasteiger partial charge in [-0.05, 0) is 44.2 Å². The number of carbonyl (C=O) groups excluding carboxylic acids is 1. The van der Waals surface area contributed by atoms with E-state index in [1.54, 1.807) is 25.4 Å². The molecule has 8 nitrogen and oxygen atoms in total. The van der Waals surface area contributed by atoms with Crippen molar-refractivity contribution in [1.29, 1.82) is 0 Å². The van der Waals surface area contributed by atoms with E-state index in [0.717, 1.165) is 36.2 Å². The van der Waals surface area contributed by atoms with Crippen LogP contribution in [0.2, 0.25) is 5.02 Å². The molecule has 1 saturated heterocycles. The van der Waals surface area contributed by atoms with Crippen molar-refractivity contribution in [2.45, 2.75) is 24.9 Å². The van der Waals surface area contributed by atoms with Gasteiger partial charge in [-0.15, -0.1) is 0 Å². The van der Waals surface area contributed by atoms with E-state index >= 15 is 0 Å². The summed E-state index contributed by atoms with van der Waals surface area (Å²) in [6, 6.07) is 8.96. The van der Waals surface area contributed by atoms with Crippen molar-refractivity contribution in [2.75, 3.05) is 26.0 Å². The molecule has 3 N–H and O–H groups in total. The summed E-state index contributed by atoms with van der Waals surface area (Å²) in [6.45, 7) is 0.859. The molecule has 2 aromatic heterocycles. The molecule has 0 bridgehead atoms. The van der Waals surface area contributed by atoms with Crippen molar-refractivity contribution >= 4 is 34.4 Å². The molecule has 0 aliphatic carbocycles. The second kappa shape index (κ2) is 8.26. The number of imidazole rings is 1. The van der Waals surface area contributed by atoms with Gasteiger partial charge in [0.25, 0.3) is 0 Å². The number of nitrogens with one attached hydrogen (secondary N) is 3. The van der Waals surface area contributed by atoms with Crippen LogP contribution in [0.3, 0.4) is 0 Å². The van der Waals surface area contributed by atoms with Crippen molar-refractivity contribution in [3.63, 3.8) is 0 Å². The van der Waals surface area contributed by atoms with Crippen molar-refractivity contribution in [1.82, 2.24) is 25.2 Å². The number of ether oxygens (including phenoxy) is 1. The zero-order valence-corrected chi connectivity index (χ0v) is 17.0. The van der Waals surface area contributed by atoms with Gasteiger partial charge in [-0.25, -0.2) is 14.8 Å². The van der Waals surface area contributed by atoms with Crippen LogP contribution in [0, 0.1) is 0 Å². The normalized spacial score (nSPS) is 19.8. The average molecular weight is 415 g/mol. The predicted molar refractivity (Wildman–Crippen MR) is 112 cm³/mol. The highest BCUT2D eigenvalue weighted by Crippen LogP contribution is 2.30. The molecule has 1 aromatic carbocycles. The van der Waals surface area contributed by atoms with E-state index in [2.05, 4.69) is 32.5 Å². The zero-order valence-electron chi connectivity index (χ0n) is 16.3. The molecule has 1 aliphatic heterocycles. The number of carbonyl (C=O) groups is 1. The van der Waals surface area contributed by atoms with Gasteiger partial charge < -0.3 is 20.4 Å². The number of amides is 2. The molecular weight excluding hydrogens is 392 g/mol. The van der Waals surface area contributed by atoms with E-state index in [1.807, 2.05) is 18.2 Å². The van der Waals surface area contributed by atoms with Gasteiger partial charge in [0.05, 0.1) is 36.1 Å². The number of H-pyrrole nitrogens is 1. The van der Waals surface area contributed by atoms with Gasteiger partial charge in [-0.1, -0.05) is 11.6 Å². The van der Waals surface area contributed by atoms with Crippen LogP contribution >= 0.6 is 11.6 Å². The van der Waals surface area contributed by atoms with E-state index in [9.17, 15) is 4.79 Å². The van der Waals surface area contributed by atoms with E-state index < -0.39 is 0 Å². The summed E-state index contributed by atoms with van der Waals surface area (Å²) in [7, 11) is 3.62. The zero-order chi connectivity index (χ0) is 20.4. The maximum atomic E-state index is 12.4. The quantitative estimate of drug-likeness (QED) is 0.606. The maximum Gasteiger partial charge on any atom is 0.319 e. The summed E-state index contributed by atoms with van der Waals surface area (Å²) in [5.41, 5.74) is 2.42. The molecule has 0 radical (unpaired) electrons.